The van der Waals surface area contributed by atoms with E-state index in [1.807, 2.05) is 10.8 Å². The second-order valence-electron chi connectivity index (χ2n) is 1.63. The number of nitrogens with two attached hydrogens (primary N) is 1. The van der Waals surface area contributed by atoms with Gasteiger partial charge in [-0.1, -0.05) is 0 Å². The van der Waals surface area contributed by atoms with Crippen molar-refractivity contribution in [3.05, 3.63) is 21.9 Å². The summed E-state index contributed by atoms with van der Waals surface area (Å²) < 4.78 is 0. The van der Waals surface area contributed by atoms with E-state index in [2.05, 4.69) is 6.07 Å². The van der Waals surface area contributed by atoms with E-state index in [1.54, 1.807) is 0 Å². The molecule has 46 valence electrons. The van der Waals surface area contributed by atoms with E-state index in [9.17, 15) is 0 Å². The molecule has 0 aromatic carbocycles. The minimum absolute atomic E-state index is 0.465. The maximum absolute atomic E-state index is 8.44. The van der Waals surface area contributed by atoms with Crippen LogP contribution >= 0.6 is 11.3 Å². The van der Waals surface area contributed by atoms with Gasteiger partial charge < -0.3 is 5.73 Å². The Morgan fingerprint density at radius 1 is 1.67 bits per heavy atom. The molecule has 1 aromatic rings. The smallest absolute Gasteiger partial charge is 0.100 e. The fourth-order valence-electron chi connectivity index (χ4n) is 0.580. The molecule has 0 fully saturated rings. The standard InChI is InChI=1S/C6H6N2S/c7-1-5-3-9-4-6(5)2-8/h3-4H,1,7H2. The van der Waals surface area contributed by atoms with Crippen LogP contribution in [0.3, 0.4) is 0 Å². The van der Waals surface area contributed by atoms with Crippen molar-refractivity contribution in [3.63, 3.8) is 0 Å². The minimum atomic E-state index is 0.465. The van der Waals surface area contributed by atoms with Gasteiger partial charge in [0.25, 0.3) is 0 Å². The lowest BCUT2D eigenvalue weighted by Crippen LogP contribution is -1.95. The zero-order chi connectivity index (χ0) is 6.69. The quantitative estimate of drug-likeness (QED) is 0.631. The first-order valence-electron chi connectivity index (χ1n) is 2.53. The van der Waals surface area contributed by atoms with E-state index in [0.717, 1.165) is 5.56 Å². The molecule has 0 bridgehead atoms. The van der Waals surface area contributed by atoms with Crippen molar-refractivity contribution in [1.29, 1.82) is 5.26 Å². The molecule has 0 atom stereocenters. The molecule has 0 aliphatic heterocycles. The van der Waals surface area contributed by atoms with Gasteiger partial charge in [-0.3, -0.25) is 0 Å². The first-order chi connectivity index (χ1) is 4.38. The van der Waals surface area contributed by atoms with Gasteiger partial charge in [0.1, 0.15) is 6.07 Å². The van der Waals surface area contributed by atoms with Crippen molar-refractivity contribution in [2.24, 2.45) is 5.73 Å². The van der Waals surface area contributed by atoms with Gasteiger partial charge in [0.15, 0.2) is 0 Å². The van der Waals surface area contributed by atoms with Crippen LogP contribution in [0.2, 0.25) is 0 Å². The lowest BCUT2D eigenvalue weighted by molar-refractivity contribution is 1.07. The zero-order valence-electron chi connectivity index (χ0n) is 4.79. The summed E-state index contributed by atoms with van der Waals surface area (Å²) in [5.74, 6) is 0. The second-order valence-corrected chi connectivity index (χ2v) is 2.37. The van der Waals surface area contributed by atoms with Crippen LogP contribution in [0.4, 0.5) is 0 Å². The predicted octanol–water partition coefficient (Wildman–Crippen LogP) is 1.08. The first kappa shape index (κ1) is 6.27. The maximum atomic E-state index is 8.44. The number of nitriles is 1. The predicted molar refractivity (Wildman–Crippen MR) is 36.9 cm³/mol. The van der Waals surface area contributed by atoms with E-state index < -0.39 is 0 Å². The Morgan fingerprint density at radius 2 is 2.44 bits per heavy atom. The molecule has 1 aromatic heterocycles. The van der Waals surface area contributed by atoms with Crippen LogP contribution in [0, 0.1) is 11.3 Å². The normalized spacial score (nSPS) is 8.89. The number of nitrogens with zero attached hydrogens (tertiary/aromatic N) is 1. The molecular weight excluding hydrogens is 132 g/mol. The lowest BCUT2D eigenvalue weighted by Gasteiger charge is -1.86. The number of hydrogen-bond donors (Lipinski definition) is 1. The van der Waals surface area contributed by atoms with E-state index in [0.29, 0.717) is 12.1 Å². The van der Waals surface area contributed by atoms with E-state index >= 15 is 0 Å². The van der Waals surface area contributed by atoms with Crippen LogP contribution < -0.4 is 5.73 Å². The summed E-state index contributed by atoms with van der Waals surface area (Å²) in [4.78, 5) is 0. The van der Waals surface area contributed by atoms with Crippen molar-refractivity contribution in [2.75, 3.05) is 0 Å². The summed E-state index contributed by atoms with van der Waals surface area (Å²) in [6.07, 6.45) is 0. The third-order valence-corrected chi connectivity index (χ3v) is 1.87. The van der Waals surface area contributed by atoms with Crippen LogP contribution in [-0.2, 0) is 6.54 Å². The molecule has 0 spiro atoms. The van der Waals surface area contributed by atoms with Gasteiger partial charge in [-0.2, -0.15) is 16.6 Å². The molecule has 2 N–H and O–H groups in total. The van der Waals surface area contributed by atoms with Gasteiger partial charge in [0, 0.05) is 11.9 Å². The third kappa shape index (κ3) is 1.10. The minimum Gasteiger partial charge on any atom is -0.326 e. The molecule has 9 heavy (non-hydrogen) atoms. The fraction of sp³-hybridized carbons (Fsp3) is 0.167. The molecule has 0 saturated carbocycles. The molecule has 3 heteroatoms. The zero-order valence-corrected chi connectivity index (χ0v) is 5.61. The molecule has 0 radical (unpaired) electrons. The molecular formula is C6H6N2S. The highest BCUT2D eigenvalue weighted by molar-refractivity contribution is 7.08. The maximum Gasteiger partial charge on any atom is 0.100 e. The summed E-state index contributed by atoms with van der Waals surface area (Å²) in [5.41, 5.74) is 6.98. The Morgan fingerprint density at radius 3 is 2.89 bits per heavy atom. The summed E-state index contributed by atoms with van der Waals surface area (Å²) in [7, 11) is 0. The Bertz CT molecular complexity index is 233. The molecule has 0 saturated heterocycles. The summed E-state index contributed by atoms with van der Waals surface area (Å²) in [6.45, 7) is 0.465. The Hall–Kier alpha value is -0.850. The van der Waals surface area contributed by atoms with Crippen molar-refractivity contribution in [2.45, 2.75) is 6.54 Å². The Balaban J connectivity index is 3.02. The molecule has 0 aliphatic carbocycles. The highest BCUT2D eigenvalue weighted by Crippen LogP contribution is 2.12. The van der Waals surface area contributed by atoms with E-state index in [1.165, 1.54) is 11.3 Å². The highest BCUT2D eigenvalue weighted by Gasteiger charge is 1.97. The number of thiophene rings is 1. The van der Waals surface area contributed by atoms with Gasteiger partial charge in [-0.05, 0) is 10.9 Å². The van der Waals surface area contributed by atoms with Crippen LogP contribution in [0.5, 0.6) is 0 Å². The van der Waals surface area contributed by atoms with Crippen LogP contribution in [0.15, 0.2) is 10.8 Å². The van der Waals surface area contributed by atoms with Crippen LogP contribution in [0.1, 0.15) is 11.1 Å². The molecule has 1 rings (SSSR count). The largest absolute Gasteiger partial charge is 0.326 e. The number of hydrogen-bond acceptors (Lipinski definition) is 3. The molecule has 0 amide bonds. The molecule has 1 heterocycles. The van der Waals surface area contributed by atoms with Crippen LogP contribution in [-0.4, -0.2) is 0 Å². The summed E-state index contributed by atoms with van der Waals surface area (Å²) in [6, 6.07) is 2.06. The van der Waals surface area contributed by atoms with Gasteiger partial charge in [-0.25, -0.2) is 0 Å². The molecule has 2 nitrogen and oxygen atoms in total. The summed E-state index contributed by atoms with van der Waals surface area (Å²) in [5, 5.41) is 12.1. The van der Waals surface area contributed by atoms with Gasteiger partial charge >= 0.3 is 0 Å². The van der Waals surface area contributed by atoms with Crippen molar-refractivity contribution >= 4 is 11.3 Å². The van der Waals surface area contributed by atoms with Crippen molar-refractivity contribution in [1.82, 2.24) is 0 Å². The van der Waals surface area contributed by atoms with E-state index in [-0.39, 0.29) is 0 Å². The highest BCUT2D eigenvalue weighted by atomic mass is 32.1. The fourth-order valence-corrected chi connectivity index (χ4v) is 1.38. The topological polar surface area (TPSA) is 49.8 Å². The van der Waals surface area contributed by atoms with Gasteiger partial charge in [-0.15, -0.1) is 0 Å². The molecule has 0 aliphatic rings. The van der Waals surface area contributed by atoms with E-state index in [4.69, 9.17) is 11.0 Å². The Labute approximate surface area is 57.5 Å². The monoisotopic (exact) mass is 138 g/mol. The Kier molecular flexibility index (Phi) is 1.83. The van der Waals surface area contributed by atoms with Gasteiger partial charge in [0.2, 0.25) is 0 Å². The lowest BCUT2D eigenvalue weighted by atomic mass is 10.2. The van der Waals surface area contributed by atoms with Crippen molar-refractivity contribution < 1.29 is 0 Å². The first-order valence-corrected chi connectivity index (χ1v) is 3.48. The van der Waals surface area contributed by atoms with Crippen LogP contribution in [0.25, 0.3) is 0 Å². The summed E-state index contributed by atoms with van der Waals surface area (Å²) >= 11 is 1.51. The van der Waals surface area contributed by atoms with Gasteiger partial charge in [0.05, 0.1) is 5.56 Å². The number of rotatable bonds is 1. The second kappa shape index (κ2) is 2.62. The average molecular weight is 138 g/mol. The average Bonchev–Trinajstić information content (AvgIpc) is 2.33. The SMILES string of the molecule is N#Cc1cscc1CN. The van der Waals surface area contributed by atoms with Crippen molar-refractivity contribution in [3.8, 4) is 6.07 Å². The third-order valence-electron chi connectivity index (χ3n) is 1.08. The molecule has 0 unspecified atom stereocenters.